The van der Waals surface area contributed by atoms with Crippen molar-refractivity contribution in [3.05, 3.63) is 69.2 Å². The summed E-state index contributed by atoms with van der Waals surface area (Å²) in [4.78, 5) is 0. The number of aryl methyl sites for hydroxylation is 1. The van der Waals surface area contributed by atoms with E-state index in [4.69, 9.17) is 23.2 Å². The molecule has 20 heavy (non-hydrogen) atoms. The molecule has 0 fully saturated rings. The summed E-state index contributed by atoms with van der Waals surface area (Å²) < 4.78 is 0. The molecule has 0 saturated carbocycles. The number of nitrogens with one attached hydrogen (secondary N) is 1. The summed E-state index contributed by atoms with van der Waals surface area (Å²) in [5.74, 6) is 0. The van der Waals surface area contributed by atoms with Crippen LogP contribution in [0.1, 0.15) is 42.6 Å². The van der Waals surface area contributed by atoms with E-state index >= 15 is 0 Å². The summed E-state index contributed by atoms with van der Waals surface area (Å²) >= 11 is 12.3. The molecule has 2 aromatic carbocycles. The molecule has 0 spiro atoms. The molecule has 1 nitrogen and oxygen atoms in total. The van der Waals surface area contributed by atoms with Crippen LogP contribution in [0.3, 0.4) is 0 Å². The zero-order valence-corrected chi connectivity index (χ0v) is 13.5. The topological polar surface area (TPSA) is 12.0 Å². The van der Waals surface area contributed by atoms with Gasteiger partial charge in [0.2, 0.25) is 0 Å². The van der Waals surface area contributed by atoms with Crippen molar-refractivity contribution in [2.24, 2.45) is 0 Å². The predicted octanol–water partition coefficient (Wildman–Crippen LogP) is 5.71. The fourth-order valence-corrected chi connectivity index (χ4v) is 2.94. The molecule has 1 unspecified atom stereocenters. The van der Waals surface area contributed by atoms with Crippen LogP contribution in [0.5, 0.6) is 0 Å². The third-order valence-electron chi connectivity index (χ3n) is 3.58. The van der Waals surface area contributed by atoms with Gasteiger partial charge in [-0.05, 0) is 55.7 Å². The third-order valence-corrected chi connectivity index (χ3v) is 4.16. The second kappa shape index (κ2) is 6.62. The van der Waals surface area contributed by atoms with Gasteiger partial charge in [0.15, 0.2) is 0 Å². The highest BCUT2D eigenvalue weighted by atomic mass is 35.5. The van der Waals surface area contributed by atoms with Gasteiger partial charge in [-0.2, -0.15) is 0 Å². The second-order valence-electron chi connectivity index (χ2n) is 5.13. The molecule has 0 saturated heterocycles. The Kier molecular flexibility index (Phi) is 5.09. The Morgan fingerprint density at radius 1 is 0.900 bits per heavy atom. The Morgan fingerprint density at radius 3 is 2.25 bits per heavy atom. The standard InChI is InChI=1S/C17H19Cl2N/c1-11-6-4-5-7-15(11)12(2)20-13(3)16-10-14(18)8-9-17(16)19/h4-10,12-13,20H,1-3H3/t12-,13?/m0/s1. The maximum Gasteiger partial charge on any atom is 0.0454 e. The quantitative estimate of drug-likeness (QED) is 0.762. The van der Waals surface area contributed by atoms with Crippen LogP contribution in [0, 0.1) is 6.92 Å². The first-order valence-corrected chi connectivity index (χ1v) is 7.51. The molecule has 0 aliphatic carbocycles. The average molecular weight is 308 g/mol. The van der Waals surface area contributed by atoms with Gasteiger partial charge in [-0.25, -0.2) is 0 Å². The fraction of sp³-hybridized carbons (Fsp3) is 0.294. The van der Waals surface area contributed by atoms with Crippen LogP contribution in [-0.2, 0) is 0 Å². The molecule has 0 aliphatic heterocycles. The van der Waals surface area contributed by atoms with Gasteiger partial charge in [-0.15, -0.1) is 0 Å². The van der Waals surface area contributed by atoms with Crippen molar-refractivity contribution in [3.63, 3.8) is 0 Å². The smallest absolute Gasteiger partial charge is 0.0454 e. The number of halogens is 2. The van der Waals surface area contributed by atoms with E-state index in [9.17, 15) is 0 Å². The van der Waals surface area contributed by atoms with Gasteiger partial charge in [0, 0.05) is 22.1 Å². The highest BCUT2D eigenvalue weighted by Gasteiger charge is 2.15. The van der Waals surface area contributed by atoms with E-state index in [2.05, 4.69) is 50.4 Å². The SMILES string of the molecule is Cc1ccccc1[C@H](C)NC(C)c1cc(Cl)ccc1Cl. The lowest BCUT2D eigenvalue weighted by molar-refractivity contribution is 0.493. The molecule has 106 valence electrons. The highest BCUT2D eigenvalue weighted by Crippen LogP contribution is 2.28. The number of rotatable bonds is 4. The summed E-state index contributed by atoms with van der Waals surface area (Å²) in [6, 6.07) is 14.4. The largest absolute Gasteiger partial charge is 0.304 e. The Morgan fingerprint density at radius 2 is 1.55 bits per heavy atom. The van der Waals surface area contributed by atoms with Gasteiger partial charge in [-0.1, -0.05) is 47.5 Å². The van der Waals surface area contributed by atoms with Gasteiger partial charge in [0.1, 0.15) is 0 Å². The van der Waals surface area contributed by atoms with Gasteiger partial charge < -0.3 is 5.32 Å². The second-order valence-corrected chi connectivity index (χ2v) is 5.98. The number of hydrogen-bond acceptors (Lipinski definition) is 1. The zero-order chi connectivity index (χ0) is 14.7. The molecule has 0 amide bonds. The number of benzene rings is 2. The Hall–Kier alpha value is -1.02. The maximum atomic E-state index is 6.25. The predicted molar refractivity (Wildman–Crippen MR) is 87.6 cm³/mol. The van der Waals surface area contributed by atoms with Crippen LogP contribution in [0.4, 0.5) is 0 Å². The molecular formula is C17H19Cl2N. The first-order chi connectivity index (χ1) is 9.49. The van der Waals surface area contributed by atoms with Gasteiger partial charge >= 0.3 is 0 Å². The van der Waals surface area contributed by atoms with Crippen LogP contribution >= 0.6 is 23.2 Å². The van der Waals surface area contributed by atoms with Crippen molar-refractivity contribution >= 4 is 23.2 Å². The summed E-state index contributed by atoms with van der Waals surface area (Å²) in [6.07, 6.45) is 0. The average Bonchev–Trinajstić information content (AvgIpc) is 2.41. The lowest BCUT2D eigenvalue weighted by Gasteiger charge is -2.23. The molecule has 0 heterocycles. The summed E-state index contributed by atoms with van der Waals surface area (Å²) in [6.45, 7) is 6.40. The lowest BCUT2D eigenvalue weighted by atomic mass is 10.0. The minimum absolute atomic E-state index is 0.135. The van der Waals surface area contributed by atoms with Crippen molar-refractivity contribution in [2.45, 2.75) is 32.9 Å². The molecule has 2 aromatic rings. The van der Waals surface area contributed by atoms with Gasteiger partial charge in [0.05, 0.1) is 0 Å². The van der Waals surface area contributed by atoms with E-state index in [-0.39, 0.29) is 12.1 Å². The molecule has 0 aliphatic rings. The Labute approximate surface area is 130 Å². The first kappa shape index (κ1) is 15.4. The molecule has 3 heteroatoms. The molecule has 0 bridgehead atoms. The minimum Gasteiger partial charge on any atom is -0.304 e. The third kappa shape index (κ3) is 3.54. The molecule has 1 N–H and O–H groups in total. The highest BCUT2D eigenvalue weighted by molar-refractivity contribution is 6.33. The summed E-state index contributed by atoms with van der Waals surface area (Å²) in [5, 5.41) is 5.03. The van der Waals surface area contributed by atoms with Crippen molar-refractivity contribution in [2.75, 3.05) is 0 Å². The fourth-order valence-electron chi connectivity index (χ4n) is 2.47. The minimum atomic E-state index is 0.135. The Bertz CT molecular complexity index is 595. The van der Waals surface area contributed by atoms with Gasteiger partial charge in [0.25, 0.3) is 0 Å². The van der Waals surface area contributed by atoms with Crippen LogP contribution in [0.15, 0.2) is 42.5 Å². The monoisotopic (exact) mass is 307 g/mol. The van der Waals surface area contributed by atoms with Crippen molar-refractivity contribution in [1.29, 1.82) is 0 Å². The molecular weight excluding hydrogens is 289 g/mol. The first-order valence-electron chi connectivity index (χ1n) is 6.75. The molecule has 0 aromatic heterocycles. The van der Waals surface area contributed by atoms with E-state index in [0.29, 0.717) is 5.02 Å². The van der Waals surface area contributed by atoms with Gasteiger partial charge in [-0.3, -0.25) is 0 Å². The van der Waals surface area contributed by atoms with Crippen LogP contribution in [0.2, 0.25) is 10.0 Å². The van der Waals surface area contributed by atoms with Crippen molar-refractivity contribution in [1.82, 2.24) is 5.32 Å². The van der Waals surface area contributed by atoms with E-state index in [1.165, 1.54) is 11.1 Å². The summed E-state index contributed by atoms with van der Waals surface area (Å²) in [7, 11) is 0. The van der Waals surface area contributed by atoms with Crippen LogP contribution in [0.25, 0.3) is 0 Å². The van der Waals surface area contributed by atoms with Crippen molar-refractivity contribution in [3.8, 4) is 0 Å². The zero-order valence-electron chi connectivity index (χ0n) is 12.0. The number of hydrogen-bond donors (Lipinski definition) is 1. The van der Waals surface area contributed by atoms with Crippen LogP contribution < -0.4 is 5.32 Å². The molecule has 2 atom stereocenters. The van der Waals surface area contributed by atoms with Crippen molar-refractivity contribution < 1.29 is 0 Å². The van der Waals surface area contributed by atoms with E-state index < -0.39 is 0 Å². The maximum absolute atomic E-state index is 6.25. The molecule has 0 radical (unpaired) electrons. The van der Waals surface area contributed by atoms with Crippen LogP contribution in [-0.4, -0.2) is 0 Å². The van der Waals surface area contributed by atoms with E-state index in [1.54, 1.807) is 0 Å². The van der Waals surface area contributed by atoms with E-state index in [1.807, 2.05) is 18.2 Å². The summed E-state index contributed by atoms with van der Waals surface area (Å²) in [5.41, 5.74) is 3.62. The molecule has 2 rings (SSSR count). The van der Waals surface area contributed by atoms with E-state index in [0.717, 1.165) is 10.6 Å². The normalized spacial score (nSPS) is 14.1. The Balaban J connectivity index is 2.17. The lowest BCUT2D eigenvalue weighted by Crippen LogP contribution is -2.23.